The van der Waals surface area contributed by atoms with E-state index in [2.05, 4.69) is 11.8 Å². The zero-order valence-corrected chi connectivity index (χ0v) is 13.2. The molecule has 0 aromatic rings. The summed E-state index contributed by atoms with van der Waals surface area (Å²) in [6, 6.07) is 0. The van der Waals surface area contributed by atoms with Gasteiger partial charge in [-0.3, -0.25) is 4.79 Å². The van der Waals surface area contributed by atoms with Crippen LogP contribution in [0.25, 0.3) is 0 Å². The number of carbonyl (C=O) groups is 1. The van der Waals surface area contributed by atoms with Crippen LogP contribution >= 0.6 is 0 Å². The molecule has 1 saturated carbocycles. The molecule has 3 aliphatic rings. The van der Waals surface area contributed by atoms with Crippen molar-refractivity contribution in [1.29, 1.82) is 0 Å². The third-order valence-corrected chi connectivity index (χ3v) is 5.76. The van der Waals surface area contributed by atoms with Gasteiger partial charge in [-0.15, -0.1) is 0 Å². The summed E-state index contributed by atoms with van der Waals surface area (Å²) < 4.78 is 5.44. The van der Waals surface area contributed by atoms with E-state index in [4.69, 9.17) is 4.74 Å². The van der Waals surface area contributed by atoms with Gasteiger partial charge in [0.2, 0.25) is 0 Å². The van der Waals surface area contributed by atoms with E-state index in [1.807, 2.05) is 13.0 Å². The van der Waals surface area contributed by atoms with E-state index in [1.165, 1.54) is 5.57 Å². The predicted octanol–water partition coefficient (Wildman–Crippen LogP) is 2.12. The van der Waals surface area contributed by atoms with Gasteiger partial charge in [-0.1, -0.05) is 19.4 Å². The van der Waals surface area contributed by atoms with E-state index in [0.29, 0.717) is 6.61 Å². The average molecular weight is 293 g/mol. The lowest BCUT2D eigenvalue weighted by Crippen LogP contribution is -2.61. The predicted molar refractivity (Wildman–Crippen MR) is 80.8 cm³/mol. The standard InChI is InChI=1S/C17H27NO3/c1-3-18-11-16-7-5-8-17(12-18,15(20)21-4-2)14(16)10-13(19)6-9-16/h10,13,19H,3-9,11-12H2,1-2H3/t13?,16-,17+/m0/s1. The van der Waals surface area contributed by atoms with Crippen LogP contribution in [0.1, 0.15) is 46.0 Å². The Morgan fingerprint density at radius 1 is 1.38 bits per heavy atom. The molecule has 1 saturated heterocycles. The second-order valence-electron chi connectivity index (χ2n) is 6.93. The smallest absolute Gasteiger partial charge is 0.317 e. The Morgan fingerprint density at radius 3 is 2.90 bits per heavy atom. The maximum atomic E-state index is 12.8. The van der Waals surface area contributed by atoms with Crippen LogP contribution in [0.3, 0.4) is 0 Å². The zero-order chi connectivity index (χ0) is 15.1. The summed E-state index contributed by atoms with van der Waals surface area (Å²) in [4.78, 5) is 15.2. The molecule has 3 rings (SSSR count). The number of carbonyl (C=O) groups excluding carboxylic acids is 1. The monoisotopic (exact) mass is 293 g/mol. The van der Waals surface area contributed by atoms with Gasteiger partial charge in [0.1, 0.15) is 5.41 Å². The van der Waals surface area contributed by atoms with E-state index >= 15 is 0 Å². The van der Waals surface area contributed by atoms with Crippen LogP contribution in [-0.2, 0) is 9.53 Å². The molecule has 2 fully saturated rings. The first-order valence-corrected chi connectivity index (χ1v) is 8.37. The maximum absolute atomic E-state index is 12.8. The van der Waals surface area contributed by atoms with E-state index in [-0.39, 0.29) is 11.4 Å². The lowest BCUT2D eigenvalue weighted by atomic mass is 9.52. The first-order chi connectivity index (χ1) is 10.1. The van der Waals surface area contributed by atoms with Crippen LogP contribution in [0, 0.1) is 10.8 Å². The Balaban J connectivity index is 2.07. The molecule has 1 unspecified atom stereocenters. The van der Waals surface area contributed by atoms with E-state index < -0.39 is 11.5 Å². The summed E-state index contributed by atoms with van der Waals surface area (Å²) in [6.45, 7) is 7.22. The molecule has 0 radical (unpaired) electrons. The molecule has 2 bridgehead atoms. The van der Waals surface area contributed by atoms with E-state index in [9.17, 15) is 9.90 Å². The minimum atomic E-state index is -0.510. The number of hydrogen-bond donors (Lipinski definition) is 1. The molecule has 3 atom stereocenters. The fourth-order valence-electron chi connectivity index (χ4n) is 4.84. The van der Waals surface area contributed by atoms with Crippen molar-refractivity contribution >= 4 is 5.97 Å². The summed E-state index contributed by atoms with van der Waals surface area (Å²) in [6.07, 6.45) is 6.51. The number of rotatable bonds is 3. The van der Waals surface area contributed by atoms with Gasteiger partial charge in [0, 0.05) is 18.5 Å². The fourth-order valence-corrected chi connectivity index (χ4v) is 4.84. The van der Waals surface area contributed by atoms with Crippen LogP contribution in [0.15, 0.2) is 11.6 Å². The third kappa shape index (κ3) is 2.23. The Hall–Kier alpha value is -0.870. The lowest BCUT2D eigenvalue weighted by molar-refractivity contribution is -0.161. The second-order valence-corrected chi connectivity index (χ2v) is 6.93. The molecule has 0 spiro atoms. The van der Waals surface area contributed by atoms with Gasteiger partial charge < -0.3 is 14.7 Å². The van der Waals surface area contributed by atoms with Gasteiger partial charge in [-0.2, -0.15) is 0 Å². The van der Waals surface area contributed by atoms with Gasteiger partial charge in [-0.05, 0) is 44.7 Å². The molecule has 21 heavy (non-hydrogen) atoms. The van der Waals surface area contributed by atoms with Crippen LogP contribution < -0.4 is 0 Å². The van der Waals surface area contributed by atoms with Gasteiger partial charge in [0.05, 0.1) is 12.7 Å². The molecule has 1 N–H and O–H groups in total. The molecule has 118 valence electrons. The van der Waals surface area contributed by atoms with Crippen molar-refractivity contribution in [3.63, 3.8) is 0 Å². The number of nitrogens with zero attached hydrogens (tertiary/aromatic N) is 1. The van der Waals surface area contributed by atoms with Crippen molar-refractivity contribution in [1.82, 2.24) is 4.90 Å². The number of likely N-dealkylation sites (tertiary alicyclic amines) is 1. The van der Waals surface area contributed by atoms with Gasteiger partial charge in [0.25, 0.3) is 0 Å². The second kappa shape index (κ2) is 5.40. The number of ether oxygens (including phenoxy) is 1. The van der Waals surface area contributed by atoms with Crippen LogP contribution in [0.5, 0.6) is 0 Å². The van der Waals surface area contributed by atoms with Crippen molar-refractivity contribution in [2.75, 3.05) is 26.2 Å². The summed E-state index contributed by atoms with van der Waals surface area (Å²) in [5, 5.41) is 10.1. The van der Waals surface area contributed by atoms with Crippen molar-refractivity contribution in [3.8, 4) is 0 Å². The summed E-state index contributed by atoms with van der Waals surface area (Å²) in [7, 11) is 0. The SMILES string of the molecule is CCOC(=O)[C@@]12CCC[C@]3(CCC(O)C=C31)CN(CC)C2. The quantitative estimate of drug-likeness (QED) is 0.640. The molecular formula is C17H27NO3. The highest BCUT2D eigenvalue weighted by Gasteiger charge is 2.59. The number of hydrogen-bond acceptors (Lipinski definition) is 4. The molecule has 1 heterocycles. The minimum Gasteiger partial charge on any atom is -0.465 e. The van der Waals surface area contributed by atoms with Gasteiger partial charge in [0.15, 0.2) is 0 Å². The third-order valence-electron chi connectivity index (χ3n) is 5.76. The molecule has 4 heteroatoms. The highest BCUT2D eigenvalue weighted by Crippen LogP contribution is 2.59. The van der Waals surface area contributed by atoms with Gasteiger partial charge in [-0.25, -0.2) is 0 Å². The molecular weight excluding hydrogens is 266 g/mol. The lowest BCUT2D eigenvalue weighted by Gasteiger charge is -2.58. The minimum absolute atomic E-state index is 0.0763. The molecule has 1 aliphatic heterocycles. The number of aliphatic hydroxyl groups is 1. The Kier molecular flexibility index (Phi) is 3.87. The summed E-state index contributed by atoms with van der Waals surface area (Å²) in [5.41, 5.74) is 0.783. The van der Waals surface area contributed by atoms with Crippen molar-refractivity contribution < 1.29 is 14.6 Å². The largest absolute Gasteiger partial charge is 0.465 e. The van der Waals surface area contributed by atoms with E-state index in [0.717, 1.165) is 51.7 Å². The van der Waals surface area contributed by atoms with Crippen molar-refractivity contribution in [2.24, 2.45) is 10.8 Å². The number of aliphatic hydroxyl groups excluding tert-OH is 1. The van der Waals surface area contributed by atoms with Crippen LogP contribution in [0.2, 0.25) is 0 Å². The zero-order valence-electron chi connectivity index (χ0n) is 13.2. The summed E-state index contributed by atoms with van der Waals surface area (Å²) in [5.74, 6) is -0.0763. The number of esters is 1. The molecule has 0 aromatic carbocycles. The average Bonchev–Trinajstić information content (AvgIpc) is 2.46. The fraction of sp³-hybridized carbons (Fsp3) is 0.824. The number of piperidine rings is 1. The topological polar surface area (TPSA) is 49.8 Å². The van der Waals surface area contributed by atoms with Crippen LogP contribution in [-0.4, -0.2) is 48.3 Å². The summed E-state index contributed by atoms with van der Waals surface area (Å²) >= 11 is 0. The molecule has 0 aromatic heterocycles. The maximum Gasteiger partial charge on any atom is 0.317 e. The Labute approximate surface area is 127 Å². The highest BCUT2D eigenvalue weighted by molar-refractivity contribution is 5.82. The van der Waals surface area contributed by atoms with Gasteiger partial charge >= 0.3 is 5.97 Å². The molecule has 4 nitrogen and oxygen atoms in total. The molecule has 0 amide bonds. The molecule has 2 aliphatic carbocycles. The van der Waals surface area contributed by atoms with Crippen LogP contribution in [0.4, 0.5) is 0 Å². The Morgan fingerprint density at radius 2 is 2.19 bits per heavy atom. The normalized spacial score (nSPS) is 39.4. The first kappa shape index (κ1) is 15.0. The highest BCUT2D eigenvalue weighted by atomic mass is 16.5. The Bertz CT molecular complexity index is 461. The first-order valence-electron chi connectivity index (χ1n) is 8.37. The van der Waals surface area contributed by atoms with Crippen molar-refractivity contribution in [2.45, 2.75) is 52.1 Å². The van der Waals surface area contributed by atoms with Crippen molar-refractivity contribution in [3.05, 3.63) is 11.6 Å². The van der Waals surface area contributed by atoms with E-state index in [1.54, 1.807) is 0 Å².